The lowest BCUT2D eigenvalue weighted by atomic mass is 9.95. The molecule has 22 heavy (non-hydrogen) atoms. The van der Waals surface area contributed by atoms with Crippen LogP contribution in [0.25, 0.3) is 0 Å². The van der Waals surface area contributed by atoms with E-state index in [0.29, 0.717) is 12.3 Å². The molecule has 1 aromatic carbocycles. The lowest BCUT2D eigenvalue weighted by Crippen LogP contribution is -2.31. The zero-order valence-electron chi connectivity index (χ0n) is 14.1. The minimum Gasteiger partial charge on any atom is -0.497 e. The Morgan fingerprint density at radius 1 is 1.23 bits per heavy atom. The Labute approximate surface area is 134 Å². The molecule has 0 aromatic heterocycles. The molecule has 0 bridgehead atoms. The fourth-order valence-electron chi connectivity index (χ4n) is 3.33. The van der Waals surface area contributed by atoms with E-state index in [1.807, 2.05) is 24.3 Å². The Kier molecular flexibility index (Phi) is 6.29. The van der Waals surface area contributed by atoms with Crippen LogP contribution in [0.4, 0.5) is 0 Å². The number of carbonyl (C=O) groups excluding carboxylic acids is 1. The summed E-state index contributed by atoms with van der Waals surface area (Å²) in [5, 5.41) is 3.21. The van der Waals surface area contributed by atoms with Crippen molar-refractivity contribution in [3.63, 3.8) is 0 Å². The summed E-state index contributed by atoms with van der Waals surface area (Å²) in [6, 6.07) is 8.06. The topological polar surface area (TPSA) is 38.3 Å². The fraction of sp³-hybridized carbons (Fsp3) is 0.632. The van der Waals surface area contributed by atoms with Gasteiger partial charge in [0, 0.05) is 6.42 Å². The molecular formula is C19H29NO2. The predicted molar refractivity (Wildman–Crippen MR) is 89.9 cm³/mol. The fourth-order valence-corrected chi connectivity index (χ4v) is 3.33. The van der Waals surface area contributed by atoms with Gasteiger partial charge >= 0.3 is 0 Å². The first-order chi connectivity index (χ1) is 10.6. The van der Waals surface area contributed by atoms with Crippen molar-refractivity contribution in [1.29, 1.82) is 0 Å². The standard InChI is InChI=1S/C19H29NO2/c1-14(2)19(16-9-11-17(22-3)12-10-16)20-18(21)13-8-15-6-4-5-7-15/h9-12,14-15,19H,4-8,13H2,1-3H3,(H,20,21). The van der Waals surface area contributed by atoms with Crippen molar-refractivity contribution >= 4 is 5.91 Å². The van der Waals surface area contributed by atoms with Gasteiger partial charge in [0.05, 0.1) is 13.2 Å². The molecule has 0 aliphatic heterocycles. The van der Waals surface area contributed by atoms with Crippen LogP contribution in [0, 0.1) is 11.8 Å². The molecule has 1 saturated carbocycles. The highest BCUT2D eigenvalue weighted by atomic mass is 16.5. The highest BCUT2D eigenvalue weighted by molar-refractivity contribution is 5.76. The molecule has 0 radical (unpaired) electrons. The van der Waals surface area contributed by atoms with Gasteiger partial charge in [-0.25, -0.2) is 0 Å². The molecule has 2 rings (SSSR count). The molecular weight excluding hydrogens is 274 g/mol. The maximum absolute atomic E-state index is 12.3. The minimum atomic E-state index is 0.0713. The SMILES string of the molecule is COc1ccc(C(NC(=O)CCC2CCCC2)C(C)C)cc1. The molecule has 122 valence electrons. The highest BCUT2D eigenvalue weighted by Gasteiger charge is 2.20. The van der Waals surface area contributed by atoms with Gasteiger partial charge in [0.15, 0.2) is 0 Å². The number of hydrogen-bond donors (Lipinski definition) is 1. The molecule has 0 spiro atoms. The van der Waals surface area contributed by atoms with Crippen LogP contribution in [-0.2, 0) is 4.79 Å². The van der Waals surface area contributed by atoms with Gasteiger partial charge in [-0.15, -0.1) is 0 Å². The third kappa shape index (κ3) is 4.75. The smallest absolute Gasteiger partial charge is 0.220 e. The number of amides is 1. The summed E-state index contributed by atoms with van der Waals surface area (Å²) in [5.74, 6) is 2.16. The minimum absolute atomic E-state index is 0.0713. The van der Waals surface area contributed by atoms with Crippen molar-refractivity contribution in [2.75, 3.05) is 7.11 Å². The third-order valence-corrected chi connectivity index (χ3v) is 4.71. The maximum atomic E-state index is 12.3. The van der Waals surface area contributed by atoms with Gasteiger partial charge in [0.1, 0.15) is 5.75 Å². The number of nitrogens with one attached hydrogen (secondary N) is 1. The quantitative estimate of drug-likeness (QED) is 0.806. The second kappa shape index (κ2) is 8.21. The molecule has 1 fully saturated rings. The lowest BCUT2D eigenvalue weighted by Gasteiger charge is -2.23. The zero-order chi connectivity index (χ0) is 15.9. The van der Waals surface area contributed by atoms with Crippen molar-refractivity contribution in [1.82, 2.24) is 5.32 Å². The monoisotopic (exact) mass is 303 g/mol. The molecule has 1 atom stereocenters. The first kappa shape index (κ1) is 16.9. The van der Waals surface area contributed by atoms with E-state index in [1.165, 1.54) is 25.7 Å². The van der Waals surface area contributed by atoms with Crippen molar-refractivity contribution in [3.8, 4) is 5.75 Å². The second-order valence-corrected chi connectivity index (χ2v) is 6.75. The molecule has 3 nitrogen and oxygen atoms in total. The molecule has 0 heterocycles. The van der Waals surface area contributed by atoms with Crippen molar-refractivity contribution in [2.45, 2.75) is 58.4 Å². The Hall–Kier alpha value is -1.51. The van der Waals surface area contributed by atoms with Crippen LogP contribution in [0.15, 0.2) is 24.3 Å². The molecule has 1 aromatic rings. The van der Waals surface area contributed by atoms with Crippen LogP contribution < -0.4 is 10.1 Å². The average molecular weight is 303 g/mol. The largest absolute Gasteiger partial charge is 0.497 e. The van der Waals surface area contributed by atoms with E-state index in [2.05, 4.69) is 19.2 Å². The summed E-state index contributed by atoms with van der Waals surface area (Å²) in [5.41, 5.74) is 1.14. The van der Waals surface area contributed by atoms with E-state index in [9.17, 15) is 4.79 Å². The van der Waals surface area contributed by atoms with Gasteiger partial charge in [-0.1, -0.05) is 51.7 Å². The van der Waals surface area contributed by atoms with Crippen LogP contribution in [-0.4, -0.2) is 13.0 Å². The molecule has 1 amide bonds. The predicted octanol–water partition coefficient (Wildman–Crippen LogP) is 4.48. The highest BCUT2D eigenvalue weighted by Crippen LogP contribution is 2.29. The van der Waals surface area contributed by atoms with Gasteiger partial charge < -0.3 is 10.1 Å². The van der Waals surface area contributed by atoms with Gasteiger partial charge in [0.2, 0.25) is 5.91 Å². The number of ether oxygens (including phenoxy) is 1. The summed E-state index contributed by atoms with van der Waals surface area (Å²) < 4.78 is 5.20. The van der Waals surface area contributed by atoms with E-state index in [1.54, 1.807) is 7.11 Å². The number of rotatable bonds is 7. The van der Waals surface area contributed by atoms with E-state index in [4.69, 9.17) is 4.74 Å². The molecule has 0 saturated heterocycles. The van der Waals surface area contributed by atoms with Crippen LogP contribution >= 0.6 is 0 Å². The molecule has 1 unspecified atom stereocenters. The summed E-state index contributed by atoms with van der Waals surface area (Å²) in [6.07, 6.45) is 6.99. The molecule has 1 aliphatic carbocycles. The van der Waals surface area contributed by atoms with Crippen molar-refractivity contribution in [3.05, 3.63) is 29.8 Å². The number of methoxy groups -OCH3 is 1. The third-order valence-electron chi connectivity index (χ3n) is 4.71. The summed E-state index contributed by atoms with van der Waals surface area (Å²) >= 11 is 0. The van der Waals surface area contributed by atoms with Gasteiger partial charge in [0.25, 0.3) is 0 Å². The Morgan fingerprint density at radius 3 is 2.41 bits per heavy atom. The van der Waals surface area contributed by atoms with Gasteiger partial charge in [-0.3, -0.25) is 4.79 Å². The first-order valence-corrected chi connectivity index (χ1v) is 8.53. The number of benzene rings is 1. The zero-order valence-corrected chi connectivity index (χ0v) is 14.1. The molecule has 3 heteroatoms. The maximum Gasteiger partial charge on any atom is 0.220 e. The normalized spacial score (nSPS) is 16.7. The summed E-state index contributed by atoms with van der Waals surface area (Å²) in [6.45, 7) is 4.29. The van der Waals surface area contributed by atoms with Gasteiger partial charge in [-0.2, -0.15) is 0 Å². The number of carbonyl (C=O) groups is 1. The molecule has 1 aliphatic rings. The van der Waals surface area contributed by atoms with E-state index in [-0.39, 0.29) is 11.9 Å². The number of hydrogen-bond acceptors (Lipinski definition) is 2. The van der Waals surface area contributed by atoms with Crippen molar-refractivity contribution < 1.29 is 9.53 Å². The van der Waals surface area contributed by atoms with Crippen LogP contribution in [0.1, 0.15) is 64.0 Å². The Balaban J connectivity index is 1.90. The second-order valence-electron chi connectivity index (χ2n) is 6.75. The first-order valence-electron chi connectivity index (χ1n) is 8.53. The van der Waals surface area contributed by atoms with E-state index in [0.717, 1.165) is 23.7 Å². The van der Waals surface area contributed by atoms with Gasteiger partial charge in [-0.05, 0) is 36.0 Å². The van der Waals surface area contributed by atoms with Crippen LogP contribution in [0.3, 0.4) is 0 Å². The van der Waals surface area contributed by atoms with E-state index < -0.39 is 0 Å². The average Bonchev–Trinajstić information content (AvgIpc) is 3.04. The molecule has 1 N–H and O–H groups in total. The lowest BCUT2D eigenvalue weighted by molar-refractivity contribution is -0.122. The Morgan fingerprint density at radius 2 is 1.86 bits per heavy atom. The Bertz CT molecular complexity index is 461. The van der Waals surface area contributed by atoms with E-state index >= 15 is 0 Å². The van der Waals surface area contributed by atoms with Crippen molar-refractivity contribution in [2.24, 2.45) is 11.8 Å². The van der Waals surface area contributed by atoms with Crippen LogP contribution in [0.5, 0.6) is 5.75 Å². The summed E-state index contributed by atoms with van der Waals surface area (Å²) in [7, 11) is 1.67. The summed E-state index contributed by atoms with van der Waals surface area (Å²) in [4.78, 5) is 12.3. The van der Waals surface area contributed by atoms with Crippen LogP contribution in [0.2, 0.25) is 0 Å².